The van der Waals surface area contributed by atoms with Gasteiger partial charge in [0.25, 0.3) is 0 Å². The zero-order valence-electron chi connectivity index (χ0n) is 11.7. The van der Waals surface area contributed by atoms with Crippen LogP contribution in [0, 0.1) is 5.92 Å². The normalized spacial score (nSPS) is 13.4. The lowest BCUT2D eigenvalue weighted by atomic mass is 10.1. The molecule has 0 fully saturated rings. The molecular weight excluding hydrogens is 318 g/mol. The number of hydrogen-bond donors (Lipinski definition) is 3. The van der Waals surface area contributed by atoms with Gasteiger partial charge in [-0.15, -0.1) is 0 Å². The average Bonchev–Trinajstić information content (AvgIpc) is 2.35. The van der Waals surface area contributed by atoms with E-state index in [1.165, 1.54) is 12.1 Å². The molecule has 8 heteroatoms. The average molecular weight is 336 g/mol. The minimum atomic E-state index is -3.90. The van der Waals surface area contributed by atoms with Gasteiger partial charge in [0, 0.05) is 6.54 Å². The Morgan fingerprint density at radius 3 is 2.52 bits per heavy atom. The molecule has 0 amide bonds. The minimum Gasteiger partial charge on any atom is -0.478 e. The maximum absolute atomic E-state index is 12.1. The third-order valence-electron chi connectivity index (χ3n) is 2.73. The Bertz CT molecular complexity index is 615. The molecule has 0 aliphatic rings. The van der Waals surface area contributed by atoms with Crippen LogP contribution in [0.2, 0.25) is 5.02 Å². The summed E-state index contributed by atoms with van der Waals surface area (Å²) >= 11 is 5.69. The largest absolute Gasteiger partial charge is 0.478 e. The molecule has 0 saturated heterocycles. The molecule has 0 aliphatic heterocycles. The van der Waals surface area contributed by atoms with Gasteiger partial charge in [-0.25, -0.2) is 17.9 Å². The lowest BCUT2D eigenvalue weighted by molar-refractivity contribution is 0.0696. The van der Waals surface area contributed by atoms with Crippen molar-refractivity contribution < 1.29 is 23.4 Å². The van der Waals surface area contributed by atoms with Gasteiger partial charge in [-0.3, -0.25) is 0 Å². The van der Waals surface area contributed by atoms with Crippen molar-refractivity contribution >= 4 is 27.6 Å². The molecule has 0 spiro atoms. The highest BCUT2D eigenvalue weighted by molar-refractivity contribution is 7.89. The number of hydrogen-bond acceptors (Lipinski definition) is 4. The molecule has 1 aromatic rings. The molecular formula is C13H18ClNO5S. The quantitative estimate of drug-likeness (QED) is 0.704. The predicted octanol–water partition coefficient (Wildman–Crippen LogP) is 1.72. The van der Waals surface area contributed by atoms with E-state index < -0.39 is 22.1 Å². The summed E-state index contributed by atoms with van der Waals surface area (Å²) in [5.41, 5.74) is -0.290. The lowest BCUT2D eigenvalue weighted by Crippen LogP contribution is -2.32. The zero-order chi connectivity index (χ0) is 16.2. The van der Waals surface area contributed by atoms with E-state index in [0.717, 1.165) is 6.07 Å². The number of carboxylic acid groups (broad SMARTS) is 1. The summed E-state index contributed by atoms with van der Waals surface area (Å²) in [5.74, 6) is -1.07. The van der Waals surface area contributed by atoms with Crippen molar-refractivity contribution in [3.05, 3.63) is 28.8 Å². The summed E-state index contributed by atoms with van der Waals surface area (Å²) in [7, 11) is -3.90. The van der Waals surface area contributed by atoms with Crippen LogP contribution < -0.4 is 4.72 Å². The van der Waals surface area contributed by atoms with Gasteiger partial charge in [-0.05, 0) is 30.5 Å². The molecule has 0 bridgehead atoms. The van der Waals surface area contributed by atoms with Crippen molar-refractivity contribution in [1.82, 2.24) is 4.72 Å². The fraction of sp³-hybridized carbons (Fsp3) is 0.462. The Labute approximate surface area is 128 Å². The molecule has 0 heterocycles. The number of aliphatic hydroxyl groups is 1. The van der Waals surface area contributed by atoms with Gasteiger partial charge in [0.15, 0.2) is 0 Å². The monoisotopic (exact) mass is 335 g/mol. The van der Waals surface area contributed by atoms with E-state index in [9.17, 15) is 18.3 Å². The first-order valence-electron chi connectivity index (χ1n) is 6.34. The molecule has 0 aliphatic carbocycles. The Hall–Kier alpha value is -1.15. The summed E-state index contributed by atoms with van der Waals surface area (Å²) in [6, 6.07) is 3.41. The number of rotatable bonds is 7. The molecule has 0 aromatic heterocycles. The summed E-state index contributed by atoms with van der Waals surface area (Å²) < 4.78 is 26.4. The Kier molecular flexibility index (Phi) is 6.15. The van der Waals surface area contributed by atoms with Crippen LogP contribution in [0.25, 0.3) is 0 Å². The van der Waals surface area contributed by atoms with Gasteiger partial charge >= 0.3 is 5.97 Å². The van der Waals surface area contributed by atoms with Gasteiger partial charge in [0.2, 0.25) is 10.0 Å². The van der Waals surface area contributed by atoms with E-state index in [0.29, 0.717) is 6.42 Å². The second-order valence-electron chi connectivity index (χ2n) is 5.08. The molecule has 0 saturated carbocycles. The summed E-state index contributed by atoms with van der Waals surface area (Å²) in [6.07, 6.45) is -0.338. The number of benzene rings is 1. The SMILES string of the molecule is CC(C)CC(O)CNS(=O)(=O)c1ccc(Cl)c(C(=O)O)c1. The van der Waals surface area contributed by atoms with Crippen molar-refractivity contribution in [3.63, 3.8) is 0 Å². The van der Waals surface area contributed by atoms with E-state index in [2.05, 4.69) is 4.72 Å². The summed E-state index contributed by atoms with van der Waals surface area (Å²) in [4.78, 5) is 10.7. The first-order valence-corrected chi connectivity index (χ1v) is 8.20. The van der Waals surface area contributed by atoms with Crippen LogP contribution in [0.5, 0.6) is 0 Å². The molecule has 1 unspecified atom stereocenters. The number of nitrogens with one attached hydrogen (secondary N) is 1. The Morgan fingerprint density at radius 2 is 2.00 bits per heavy atom. The van der Waals surface area contributed by atoms with Gasteiger partial charge in [-0.1, -0.05) is 25.4 Å². The van der Waals surface area contributed by atoms with Gasteiger partial charge < -0.3 is 10.2 Å². The van der Waals surface area contributed by atoms with Crippen LogP contribution >= 0.6 is 11.6 Å². The van der Waals surface area contributed by atoms with E-state index in [1.807, 2.05) is 13.8 Å². The molecule has 118 valence electrons. The van der Waals surface area contributed by atoms with Crippen LogP contribution in [-0.2, 0) is 10.0 Å². The van der Waals surface area contributed by atoms with Crippen molar-refractivity contribution in [2.75, 3.05) is 6.54 Å². The van der Waals surface area contributed by atoms with Crippen LogP contribution in [-0.4, -0.2) is 37.2 Å². The third-order valence-corrected chi connectivity index (χ3v) is 4.48. The zero-order valence-corrected chi connectivity index (χ0v) is 13.3. The number of halogens is 1. The van der Waals surface area contributed by atoms with Crippen LogP contribution in [0.1, 0.15) is 30.6 Å². The van der Waals surface area contributed by atoms with Gasteiger partial charge in [-0.2, -0.15) is 0 Å². The minimum absolute atomic E-state index is 0.0405. The van der Waals surface area contributed by atoms with E-state index in [-0.39, 0.29) is 27.9 Å². The summed E-state index contributed by atoms with van der Waals surface area (Å²) in [5, 5.41) is 18.6. The highest BCUT2D eigenvalue weighted by Crippen LogP contribution is 2.20. The standard InChI is InChI=1S/C13H18ClNO5S/c1-8(2)5-9(16)7-15-21(19,20)10-3-4-12(14)11(6-10)13(17)18/h3-4,6,8-9,15-16H,5,7H2,1-2H3,(H,17,18). The molecule has 6 nitrogen and oxygen atoms in total. The van der Waals surface area contributed by atoms with E-state index >= 15 is 0 Å². The number of aliphatic hydroxyl groups excluding tert-OH is 1. The second-order valence-corrected chi connectivity index (χ2v) is 7.26. The van der Waals surface area contributed by atoms with Crippen LogP contribution in [0.3, 0.4) is 0 Å². The second kappa shape index (κ2) is 7.22. The first-order chi connectivity index (χ1) is 9.63. The van der Waals surface area contributed by atoms with Crippen molar-refractivity contribution in [3.8, 4) is 0 Å². The first kappa shape index (κ1) is 17.9. The number of sulfonamides is 1. The maximum Gasteiger partial charge on any atom is 0.337 e. The smallest absolute Gasteiger partial charge is 0.337 e. The number of aromatic carboxylic acids is 1. The maximum atomic E-state index is 12.1. The molecule has 21 heavy (non-hydrogen) atoms. The van der Waals surface area contributed by atoms with Crippen molar-refractivity contribution in [1.29, 1.82) is 0 Å². The molecule has 3 N–H and O–H groups in total. The third kappa shape index (κ3) is 5.28. The van der Waals surface area contributed by atoms with Gasteiger partial charge in [0.1, 0.15) is 0 Å². The van der Waals surface area contributed by atoms with Crippen LogP contribution in [0.4, 0.5) is 0 Å². The molecule has 1 aromatic carbocycles. The highest BCUT2D eigenvalue weighted by atomic mass is 35.5. The number of carboxylic acids is 1. The molecule has 1 rings (SSSR count). The van der Waals surface area contributed by atoms with Crippen molar-refractivity contribution in [2.45, 2.75) is 31.3 Å². The van der Waals surface area contributed by atoms with E-state index in [1.54, 1.807) is 0 Å². The van der Waals surface area contributed by atoms with Gasteiger partial charge in [0.05, 0.1) is 21.6 Å². The summed E-state index contributed by atoms with van der Waals surface area (Å²) in [6.45, 7) is 3.69. The molecule has 0 radical (unpaired) electrons. The Balaban J connectivity index is 2.88. The predicted molar refractivity (Wildman–Crippen MR) is 79.1 cm³/mol. The van der Waals surface area contributed by atoms with Crippen molar-refractivity contribution in [2.24, 2.45) is 5.92 Å². The lowest BCUT2D eigenvalue weighted by Gasteiger charge is -2.14. The highest BCUT2D eigenvalue weighted by Gasteiger charge is 2.19. The van der Waals surface area contributed by atoms with E-state index in [4.69, 9.17) is 16.7 Å². The topological polar surface area (TPSA) is 104 Å². The molecule has 1 atom stereocenters. The fourth-order valence-corrected chi connectivity index (χ4v) is 3.05. The fourth-order valence-electron chi connectivity index (χ4n) is 1.75. The number of carbonyl (C=O) groups is 1. The van der Waals surface area contributed by atoms with Crippen LogP contribution in [0.15, 0.2) is 23.1 Å². The Morgan fingerprint density at radius 1 is 1.38 bits per heavy atom.